The number of aliphatic hydroxyl groups excluding tert-OH is 19. The summed E-state index contributed by atoms with van der Waals surface area (Å²) in [4.78, 5) is 25.7. The maximum atomic E-state index is 13.0. The van der Waals surface area contributed by atoms with Gasteiger partial charge in [-0.05, 0) is 13.8 Å². The lowest BCUT2D eigenvalue weighted by Gasteiger charge is -2.51. The maximum absolute atomic E-state index is 13.0. The minimum absolute atomic E-state index is 0.822. The molecule has 7 saturated heterocycles. The number of hydrogen-bond donors (Lipinski definition) is 21. The van der Waals surface area contributed by atoms with Crippen molar-refractivity contribution >= 4 is 11.8 Å². The Bertz CT molecular complexity index is 2030. The molecule has 7 rings (SSSR count). The van der Waals surface area contributed by atoms with E-state index in [1.54, 1.807) is 0 Å². The number of carbonyl (C=O) groups excluding carboxylic acids is 2. The Morgan fingerprint density at radius 1 is 0.341 bits per heavy atom. The van der Waals surface area contributed by atoms with E-state index in [1.165, 1.54) is 13.8 Å². The van der Waals surface area contributed by atoms with Crippen LogP contribution in [0.2, 0.25) is 0 Å². The number of ether oxygens (including phenoxy) is 13. The fourth-order valence-corrected chi connectivity index (χ4v) is 10.6. The van der Waals surface area contributed by atoms with Crippen molar-refractivity contribution < 1.29 is 168 Å². The highest BCUT2D eigenvalue weighted by atomic mass is 16.8. The minimum Gasteiger partial charge on any atom is -0.394 e. The average Bonchev–Trinajstić information content (AvgIpc) is 3.49. The summed E-state index contributed by atoms with van der Waals surface area (Å²) in [5.74, 6) is -1.73. The van der Waals surface area contributed by atoms with E-state index in [0.29, 0.717) is 0 Å². The summed E-state index contributed by atoms with van der Waals surface area (Å²) in [6, 6.07) is -3.63. The molecule has 35 atom stereocenters. The van der Waals surface area contributed by atoms with E-state index < -0.39 is 260 Å². The Kier molecular flexibility index (Phi) is 23.5. The number of carbonyl (C=O) groups is 2. The number of aliphatic hydroxyl groups is 19. The molecule has 476 valence electrons. The van der Waals surface area contributed by atoms with Crippen LogP contribution in [0.5, 0.6) is 0 Å². The second-order valence-electron chi connectivity index (χ2n) is 21.0. The lowest BCUT2D eigenvalue weighted by molar-refractivity contribution is -0.386. The molecule has 7 fully saturated rings. The normalized spacial score (nSPS) is 51.3. The van der Waals surface area contributed by atoms with E-state index in [1.807, 2.05) is 0 Å². The molecular weight excluding hydrogens is 1120 g/mol. The summed E-state index contributed by atoms with van der Waals surface area (Å²) in [5.41, 5.74) is 0. The fraction of sp³-hybridized carbons (Fsp3) is 0.957. The quantitative estimate of drug-likeness (QED) is 0.0571. The molecule has 0 saturated carbocycles. The van der Waals surface area contributed by atoms with Gasteiger partial charge in [-0.25, -0.2) is 0 Å². The van der Waals surface area contributed by atoms with Gasteiger partial charge in [0, 0.05) is 13.8 Å². The molecule has 2 amide bonds. The summed E-state index contributed by atoms with van der Waals surface area (Å²) in [6.07, 6.45) is -61.2. The van der Waals surface area contributed by atoms with Gasteiger partial charge in [-0.1, -0.05) is 0 Å². The van der Waals surface area contributed by atoms with Crippen LogP contribution in [0.4, 0.5) is 0 Å². The highest BCUT2D eigenvalue weighted by Crippen LogP contribution is 2.38. The van der Waals surface area contributed by atoms with Gasteiger partial charge in [-0.2, -0.15) is 0 Å². The summed E-state index contributed by atoms with van der Waals surface area (Å²) in [5, 5.41) is 209. The topological polar surface area (TPSA) is 563 Å². The Hall–Kier alpha value is -2.34. The molecule has 0 aromatic carbocycles. The van der Waals surface area contributed by atoms with Crippen molar-refractivity contribution in [3.05, 3.63) is 0 Å². The summed E-state index contributed by atoms with van der Waals surface area (Å²) < 4.78 is 75.8. The van der Waals surface area contributed by atoms with Gasteiger partial charge >= 0.3 is 0 Å². The van der Waals surface area contributed by atoms with Crippen molar-refractivity contribution in [1.82, 2.24) is 10.6 Å². The standard InChI is InChI=1S/C46H78N2O34/c1-10-21(55)26(60)30(64)43(71-10)81-38-20(48-13(4)54)40(69)73-18(9-70-42-33(67)29(63)35(11(2)72-42)78-44-31(65)27(61)22(56)14(5-49)74-44)37(38)80-41-19(47-12(3)53)25(59)36(17(8-52)77-41)79-46-34(68)39(24(58)16(7-51)76-46)82-45-32(66)28(62)23(57)15(6-50)75-45/h10-11,14-46,49-52,55-69H,5-9H2,1-4H3,(H,47,53)(H,48,54)/t10-,11-,14+,15+,16+,17+,18+,19+,20+,21+,22-,23+,24+,25+,26+,27-,28-,29-,30-,31+,32-,33-,34-,35+,36+,37+,38+,39-,40+,41-,42+,43-,44-,45+,46-/m0/s1. The molecule has 0 aromatic rings. The Balaban J connectivity index is 1.17. The molecule has 0 spiro atoms. The maximum Gasteiger partial charge on any atom is 0.217 e. The molecule has 7 heterocycles. The fourth-order valence-electron chi connectivity index (χ4n) is 10.6. The first kappa shape index (κ1) is 67.2. The van der Waals surface area contributed by atoms with Gasteiger partial charge in [-0.15, -0.1) is 0 Å². The largest absolute Gasteiger partial charge is 0.394 e. The van der Waals surface area contributed by atoms with Gasteiger partial charge in [0.25, 0.3) is 0 Å². The van der Waals surface area contributed by atoms with Crippen molar-refractivity contribution in [2.24, 2.45) is 0 Å². The van der Waals surface area contributed by atoms with E-state index in [9.17, 15) is 107 Å². The van der Waals surface area contributed by atoms with Crippen molar-refractivity contribution in [3.63, 3.8) is 0 Å². The third-order valence-corrected chi connectivity index (χ3v) is 15.2. The molecule has 7 aliphatic rings. The third-order valence-electron chi connectivity index (χ3n) is 15.2. The van der Waals surface area contributed by atoms with E-state index in [0.717, 1.165) is 13.8 Å². The van der Waals surface area contributed by atoms with Crippen molar-refractivity contribution in [1.29, 1.82) is 0 Å². The van der Waals surface area contributed by atoms with Gasteiger partial charge in [0.1, 0.15) is 159 Å². The molecule has 0 bridgehead atoms. The number of rotatable bonds is 19. The molecule has 36 nitrogen and oxygen atoms in total. The van der Waals surface area contributed by atoms with Crippen LogP contribution in [0.15, 0.2) is 0 Å². The van der Waals surface area contributed by atoms with Gasteiger partial charge < -0.3 is 169 Å². The van der Waals surface area contributed by atoms with Crippen LogP contribution in [-0.2, 0) is 71.2 Å². The Morgan fingerprint density at radius 3 is 1.27 bits per heavy atom. The lowest BCUT2D eigenvalue weighted by atomic mass is 9.93. The Morgan fingerprint density at radius 2 is 0.744 bits per heavy atom. The zero-order chi connectivity index (χ0) is 60.5. The van der Waals surface area contributed by atoms with Crippen LogP contribution in [0.3, 0.4) is 0 Å². The van der Waals surface area contributed by atoms with Gasteiger partial charge in [-0.3, -0.25) is 9.59 Å². The highest BCUT2D eigenvalue weighted by Gasteiger charge is 2.58. The van der Waals surface area contributed by atoms with Crippen LogP contribution in [0, 0.1) is 0 Å². The van der Waals surface area contributed by atoms with E-state index >= 15 is 0 Å². The molecule has 82 heavy (non-hydrogen) atoms. The molecule has 0 radical (unpaired) electrons. The Labute approximate surface area is 465 Å². The van der Waals surface area contributed by atoms with Gasteiger partial charge in [0.05, 0.1) is 45.2 Å². The first-order valence-electron chi connectivity index (χ1n) is 26.3. The second kappa shape index (κ2) is 28.7. The van der Waals surface area contributed by atoms with E-state index in [2.05, 4.69) is 10.6 Å². The lowest BCUT2D eigenvalue weighted by Crippen LogP contribution is -2.71. The van der Waals surface area contributed by atoms with Crippen LogP contribution in [0.25, 0.3) is 0 Å². The monoisotopic (exact) mass is 1200 g/mol. The molecule has 21 N–H and O–H groups in total. The molecule has 0 unspecified atom stereocenters. The van der Waals surface area contributed by atoms with Gasteiger partial charge in [0.2, 0.25) is 11.8 Å². The smallest absolute Gasteiger partial charge is 0.217 e. The van der Waals surface area contributed by atoms with Crippen LogP contribution < -0.4 is 10.6 Å². The van der Waals surface area contributed by atoms with Crippen LogP contribution in [0.1, 0.15) is 27.7 Å². The zero-order valence-corrected chi connectivity index (χ0v) is 44.4. The second-order valence-corrected chi connectivity index (χ2v) is 21.0. The predicted octanol–water partition coefficient (Wildman–Crippen LogP) is -13.9. The molecule has 7 aliphatic heterocycles. The average molecular weight is 1200 g/mol. The van der Waals surface area contributed by atoms with Crippen molar-refractivity contribution in [3.8, 4) is 0 Å². The number of nitrogens with one attached hydrogen (secondary N) is 2. The van der Waals surface area contributed by atoms with Crippen LogP contribution >= 0.6 is 0 Å². The van der Waals surface area contributed by atoms with Crippen molar-refractivity contribution in [2.45, 2.75) is 243 Å². The zero-order valence-electron chi connectivity index (χ0n) is 44.4. The first-order valence-corrected chi connectivity index (χ1v) is 26.3. The number of hydrogen-bond acceptors (Lipinski definition) is 34. The molecule has 36 heteroatoms. The molecule has 0 aromatic heterocycles. The van der Waals surface area contributed by atoms with Crippen LogP contribution in [-0.4, -0.2) is 357 Å². The molecule has 0 aliphatic carbocycles. The summed E-state index contributed by atoms with van der Waals surface area (Å²) >= 11 is 0. The van der Waals surface area contributed by atoms with Gasteiger partial charge in [0.15, 0.2) is 44.0 Å². The predicted molar refractivity (Wildman–Crippen MR) is 252 cm³/mol. The molecular formula is C46H78N2O34. The van der Waals surface area contributed by atoms with Crippen molar-refractivity contribution in [2.75, 3.05) is 33.0 Å². The first-order chi connectivity index (χ1) is 38.7. The van der Waals surface area contributed by atoms with E-state index in [4.69, 9.17) is 61.6 Å². The van der Waals surface area contributed by atoms with E-state index in [-0.39, 0.29) is 0 Å². The SMILES string of the molecule is CC(=O)N[C@@H]1[C@@H](O[C@@H]2O[C@@H](C)[C@@H](O)[C@@H](O)[C@@H]2O)[C@H](O[C@@H]2O[C@H](CO)[C@@H](O[C@@H]3O[C@H](CO)[C@@H](O)[C@H](O[C@H]4O[C@H](CO)[C@@H](O)[C@H](O)[C@@H]4O)[C@@H]3O)[C@H](O)[C@H]2NC(C)=O)[C@@H](CO[C@@H]2O[C@@H](C)[C@@H](O[C@@H]3O[C@H](CO)[C@H](O)[C@H](O)[C@H]3O)[C@@H](O)[C@@H]2O)O[C@H]1O. The number of amides is 2. The summed E-state index contributed by atoms with van der Waals surface area (Å²) in [7, 11) is 0. The minimum atomic E-state index is -2.18. The summed E-state index contributed by atoms with van der Waals surface area (Å²) in [6.45, 7) is -0.0767. The highest BCUT2D eigenvalue weighted by molar-refractivity contribution is 5.73. The third kappa shape index (κ3) is 14.3.